The summed E-state index contributed by atoms with van der Waals surface area (Å²) in [6.45, 7) is 5.46. The number of hydrogen-bond donors (Lipinski definition) is 0. The van der Waals surface area contributed by atoms with Crippen LogP contribution in [0.4, 0.5) is 0 Å². The second kappa shape index (κ2) is 12.2. The van der Waals surface area contributed by atoms with Gasteiger partial charge in [-0.05, 0) is 39.5 Å². The highest BCUT2D eigenvalue weighted by Gasteiger charge is 2.05. The Hall–Kier alpha value is 0.140. The van der Waals surface area contributed by atoms with Gasteiger partial charge < -0.3 is 9.47 Å². The van der Waals surface area contributed by atoms with E-state index in [-0.39, 0.29) is 6.29 Å². The van der Waals surface area contributed by atoms with Crippen LogP contribution in [0.1, 0.15) is 39.5 Å². The predicted molar refractivity (Wildman–Crippen MR) is 68.4 cm³/mol. The molecule has 0 bridgehead atoms. The minimum atomic E-state index is -0.00965. The molecule has 0 aliphatic rings. The highest BCUT2D eigenvalue weighted by atomic mass is 79.9. The molecule has 0 saturated carbocycles. The summed E-state index contributed by atoms with van der Waals surface area (Å²) in [6, 6.07) is 0. The van der Waals surface area contributed by atoms with Crippen molar-refractivity contribution in [3.63, 3.8) is 0 Å². The van der Waals surface area contributed by atoms with Gasteiger partial charge in [0.25, 0.3) is 0 Å². The molecule has 90 valence electrons. The van der Waals surface area contributed by atoms with Crippen molar-refractivity contribution >= 4 is 15.9 Å². The molecule has 0 N–H and O–H groups in total. The van der Waals surface area contributed by atoms with E-state index in [4.69, 9.17) is 9.47 Å². The van der Waals surface area contributed by atoms with Gasteiger partial charge in [-0.1, -0.05) is 28.1 Å². The van der Waals surface area contributed by atoms with Crippen LogP contribution in [0.5, 0.6) is 0 Å². The maximum Gasteiger partial charge on any atom is 0.157 e. The molecule has 0 saturated heterocycles. The van der Waals surface area contributed by atoms with Gasteiger partial charge in [-0.15, -0.1) is 0 Å². The lowest BCUT2D eigenvalue weighted by molar-refractivity contribution is -0.139. The normalized spacial score (nSPS) is 11.7. The molecular weight excluding hydrogens is 256 g/mol. The van der Waals surface area contributed by atoms with Crippen molar-refractivity contribution < 1.29 is 9.47 Å². The van der Waals surface area contributed by atoms with Crippen LogP contribution in [-0.2, 0) is 9.47 Å². The van der Waals surface area contributed by atoms with Gasteiger partial charge in [-0.2, -0.15) is 0 Å². The van der Waals surface area contributed by atoms with Crippen LogP contribution in [0.3, 0.4) is 0 Å². The van der Waals surface area contributed by atoms with Crippen molar-refractivity contribution in [1.82, 2.24) is 0 Å². The molecule has 15 heavy (non-hydrogen) atoms. The van der Waals surface area contributed by atoms with Gasteiger partial charge in [-0.3, -0.25) is 0 Å². The quantitative estimate of drug-likeness (QED) is 0.261. The fourth-order valence-electron chi connectivity index (χ4n) is 1.29. The lowest BCUT2D eigenvalue weighted by Crippen LogP contribution is -2.16. The monoisotopic (exact) mass is 278 g/mol. The van der Waals surface area contributed by atoms with E-state index in [1.165, 1.54) is 0 Å². The van der Waals surface area contributed by atoms with Crippen LogP contribution in [0.15, 0.2) is 12.2 Å². The zero-order valence-electron chi connectivity index (χ0n) is 9.88. The Labute approximate surface area is 102 Å². The van der Waals surface area contributed by atoms with E-state index in [0.29, 0.717) is 0 Å². The number of ether oxygens (including phenoxy) is 2. The average Bonchev–Trinajstić information content (AvgIpc) is 2.24. The molecule has 0 unspecified atom stereocenters. The summed E-state index contributed by atoms with van der Waals surface area (Å²) in [5, 5.41) is 1.05. The molecule has 0 fully saturated rings. The smallest absolute Gasteiger partial charge is 0.157 e. The molecule has 0 atom stereocenters. The Morgan fingerprint density at radius 1 is 1.07 bits per heavy atom. The SMILES string of the molecule is CCOC(CCC/C=C/CCBr)OCC. The van der Waals surface area contributed by atoms with E-state index in [0.717, 1.165) is 44.2 Å². The zero-order chi connectivity index (χ0) is 11.4. The van der Waals surface area contributed by atoms with E-state index < -0.39 is 0 Å². The van der Waals surface area contributed by atoms with Crippen LogP contribution >= 0.6 is 15.9 Å². The van der Waals surface area contributed by atoms with Crippen molar-refractivity contribution in [2.24, 2.45) is 0 Å². The summed E-state index contributed by atoms with van der Waals surface area (Å²) in [5.74, 6) is 0. The summed E-state index contributed by atoms with van der Waals surface area (Å²) in [4.78, 5) is 0. The zero-order valence-corrected chi connectivity index (χ0v) is 11.5. The first kappa shape index (κ1) is 15.1. The van der Waals surface area contributed by atoms with Crippen LogP contribution < -0.4 is 0 Å². The molecule has 0 rings (SSSR count). The van der Waals surface area contributed by atoms with Gasteiger partial charge in [0.1, 0.15) is 0 Å². The molecule has 0 aromatic heterocycles. The number of hydrogen-bond acceptors (Lipinski definition) is 2. The lowest BCUT2D eigenvalue weighted by Gasteiger charge is -2.15. The third kappa shape index (κ3) is 10.4. The number of allylic oxidation sites excluding steroid dienone is 2. The molecule has 0 aromatic rings. The van der Waals surface area contributed by atoms with E-state index in [1.807, 2.05) is 13.8 Å². The van der Waals surface area contributed by atoms with Gasteiger partial charge in [0.2, 0.25) is 0 Å². The van der Waals surface area contributed by atoms with E-state index >= 15 is 0 Å². The van der Waals surface area contributed by atoms with Gasteiger partial charge >= 0.3 is 0 Å². The highest BCUT2D eigenvalue weighted by Crippen LogP contribution is 2.07. The second-order valence-corrected chi connectivity index (χ2v) is 4.01. The van der Waals surface area contributed by atoms with Crippen molar-refractivity contribution in [2.45, 2.75) is 45.8 Å². The van der Waals surface area contributed by atoms with E-state index in [1.54, 1.807) is 0 Å². The molecule has 0 spiro atoms. The highest BCUT2D eigenvalue weighted by molar-refractivity contribution is 9.09. The Kier molecular flexibility index (Phi) is 12.3. The molecular formula is C12H23BrO2. The molecule has 0 radical (unpaired) electrons. The maximum atomic E-state index is 5.46. The number of halogens is 1. The van der Waals surface area contributed by atoms with E-state index in [9.17, 15) is 0 Å². The minimum absolute atomic E-state index is 0.00965. The first-order valence-electron chi connectivity index (χ1n) is 5.79. The third-order valence-electron chi connectivity index (χ3n) is 1.96. The summed E-state index contributed by atoms with van der Waals surface area (Å²) < 4.78 is 10.9. The number of alkyl halides is 1. The predicted octanol–water partition coefficient (Wildman–Crippen LogP) is 3.90. The van der Waals surface area contributed by atoms with Crippen molar-refractivity contribution in [2.75, 3.05) is 18.5 Å². The van der Waals surface area contributed by atoms with Crippen LogP contribution in [-0.4, -0.2) is 24.8 Å². The van der Waals surface area contributed by atoms with Crippen LogP contribution in [0.25, 0.3) is 0 Å². The maximum absolute atomic E-state index is 5.46. The van der Waals surface area contributed by atoms with Crippen LogP contribution in [0.2, 0.25) is 0 Å². The Bertz CT molecular complexity index is 143. The molecule has 0 aliphatic carbocycles. The molecule has 0 aliphatic heterocycles. The molecule has 0 heterocycles. The lowest BCUT2D eigenvalue weighted by atomic mass is 10.2. The standard InChI is InChI=1S/C12H23BrO2/c1-3-14-12(15-4-2)10-8-6-5-7-9-11-13/h5,7,12H,3-4,6,8-11H2,1-2H3/b7-5+. The van der Waals surface area contributed by atoms with Crippen molar-refractivity contribution in [3.8, 4) is 0 Å². The largest absolute Gasteiger partial charge is 0.353 e. The Morgan fingerprint density at radius 2 is 1.67 bits per heavy atom. The fourth-order valence-corrected chi connectivity index (χ4v) is 1.55. The average molecular weight is 279 g/mol. The number of unbranched alkanes of at least 4 members (excludes halogenated alkanes) is 1. The first-order valence-corrected chi connectivity index (χ1v) is 6.91. The fraction of sp³-hybridized carbons (Fsp3) is 0.833. The van der Waals surface area contributed by atoms with Crippen molar-refractivity contribution in [3.05, 3.63) is 12.2 Å². The Morgan fingerprint density at radius 3 is 2.20 bits per heavy atom. The van der Waals surface area contributed by atoms with Gasteiger partial charge in [-0.25, -0.2) is 0 Å². The third-order valence-corrected chi connectivity index (χ3v) is 2.42. The van der Waals surface area contributed by atoms with Gasteiger partial charge in [0.05, 0.1) is 0 Å². The van der Waals surface area contributed by atoms with Crippen molar-refractivity contribution in [1.29, 1.82) is 0 Å². The molecule has 0 amide bonds. The summed E-state index contributed by atoms with van der Waals surface area (Å²) in [6.07, 6.45) is 8.78. The first-order chi connectivity index (χ1) is 7.35. The summed E-state index contributed by atoms with van der Waals surface area (Å²) >= 11 is 3.39. The minimum Gasteiger partial charge on any atom is -0.353 e. The Balaban J connectivity index is 3.43. The summed E-state index contributed by atoms with van der Waals surface area (Å²) in [5.41, 5.74) is 0. The summed E-state index contributed by atoms with van der Waals surface area (Å²) in [7, 11) is 0. The van der Waals surface area contributed by atoms with E-state index in [2.05, 4.69) is 28.1 Å². The number of rotatable bonds is 10. The van der Waals surface area contributed by atoms with Crippen LogP contribution in [0, 0.1) is 0 Å². The van der Waals surface area contributed by atoms with Gasteiger partial charge in [0.15, 0.2) is 6.29 Å². The molecule has 2 nitrogen and oxygen atoms in total. The molecule has 3 heteroatoms. The second-order valence-electron chi connectivity index (χ2n) is 3.22. The molecule has 0 aromatic carbocycles. The topological polar surface area (TPSA) is 18.5 Å². The van der Waals surface area contributed by atoms with Gasteiger partial charge in [0, 0.05) is 18.5 Å².